The van der Waals surface area contributed by atoms with Gasteiger partial charge in [-0.05, 0) is 11.5 Å². The molecule has 0 bridgehead atoms. The SMILES string of the molecule is c1cnon1.c1cnsn1.c1conn1.c1csnn1. The third-order valence-electron chi connectivity index (χ3n) is 1.13. The standard InChI is InChI=1S/2C2H2N2O.2C2H2N2S/c1-2-5-4-3-1;1-2-4-5-3-1;1-2-5-4-3-1;1-2-4-5-3-1/h4*1-2H. The third-order valence-corrected chi connectivity index (χ3v) is 1.99. The molecular formula is C8H8N8O2S2. The summed E-state index contributed by atoms with van der Waals surface area (Å²) >= 11 is 2.56. The molecule has 0 saturated heterocycles. The summed E-state index contributed by atoms with van der Waals surface area (Å²) in [5.41, 5.74) is 0. The van der Waals surface area contributed by atoms with Gasteiger partial charge >= 0.3 is 0 Å². The van der Waals surface area contributed by atoms with Gasteiger partial charge in [0.15, 0.2) is 0 Å². The van der Waals surface area contributed by atoms with Crippen LogP contribution in [0.4, 0.5) is 0 Å². The van der Waals surface area contributed by atoms with Gasteiger partial charge in [0.2, 0.25) is 0 Å². The van der Waals surface area contributed by atoms with Crippen molar-refractivity contribution in [3.05, 3.63) is 48.8 Å². The van der Waals surface area contributed by atoms with E-state index in [4.69, 9.17) is 0 Å². The Morgan fingerprint density at radius 1 is 0.800 bits per heavy atom. The van der Waals surface area contributed by atoms with E-state index in [1.165, 1.54) is 48.1 Å². The predicted octanol–water partition coefficient (Wildman–Crippen LogP) is 1.22. The Balaban J connectivity index is 0.000000133. The minimum atomic E-state index is 1.21. The van der Waals surface area contributed by atoms with Gasteiger partial charge in [-0.15, -0.1) is 10.2 Å². The van der Waals surface area contributed by atoms with Gasteiger partial charge in [-0.3, -0.25) is 0 Å². The van der Waals surface area contributed by atoms with Crippen molar-refractivity contribution in [2.24, 2.45) is 0 Å². The minimum Gasteiger partial charge on any atom is -0.346 e. The lowest BCUT2D eigenvalue weighted by Gasteiger charge is -1.45. The van der Waals surface area contributed by atoms with Crippen molar-refractivity contribution >= 4 is 23.3 Å². The molecule has 20 heavy (non-hydrogen) atoms. The van der Waals surface area contributed by atoms with Crippen LogP contribution in [0.3, 0.4) is 0 Å². The smallest absolute Gasteiger partial charge is 0.144 e. The summed E-state index contributed by atoms with van der Waals surface area (Å²) in [6.45, 7) is 0. The monoisotopic (exact) mass is 312 g/mol. The zero-order valence-electron chi connectivity index (χ0n) is 9.83. The number of hydrogen-bond acceptors (Lipinski definition) is 12. The number of aromatic nitrogens is 8. The molecule has 4 aromatic rings. The van der Waals surface area contributed by atoms with Gasteiger partial charge in [0, 0.05) is 10.7 Å². The molecular weight excluding hydrogens is 304 g/mol. The Hall–Kier alpha value is -2.60. The lowest BCUT2D eigenvalue weighted by molar-refractivity contribution is 0.307. The van der Waals surface area contributed by atoms with E-state index >= 15 is 0 Å². The second kappa shape index (κ2) is 12.8. The highest BCUT2D eigenvalue weighted by Crippen LogP contribution is 1.78. The molecule has 0 aliphatic rings. The highest BCUT2D eigenvalue weighted by atomic mass is 32.1. The van der Waals surface area contributed by atoms with Crippen LogP contribution < -0.4 is 0 Å². The number of nitrogens with zero attached hydrogens (tertiary/aromatic N) is 8. The third kappa shape index (κ3) is 10.5. The van der Waals surface area contributed by atoms with E-state index in [2.05, 4.69) is 48.2 Å². The van der Waals surface area contributed by atoms with E-state index in [-0.39, 0.29) is 0 Å². The van der Waals surface area contributed by atoms with Crippen LogP contribution >= 0.6 is 23.3 Å². The van der Waals surface area contributed by atoms with Gasteiger partial charge in [0.25, 0.3) is 0 Å². The van der Waals surface area contributed by atoms with Crippen molar-refractivity contribution in [2.45, 2.75) is 0 Å². The molecule has 0 radical (unpaired) electrons. The van der Waals surface area contributed by atoms with Crippen molar-refractivity contribution in [1.29, 1.82) is 0 Å². The van der Waals surface area contributed by atoms with Gasteiger partial charge in [0.05, 0.1) is 48.9 Å². The summed E-state index contributed by atoms with van der Waals surface area (Å²) in [5.74, 6) is 0. The average Bonchev–Trinajstić information content (AvgIpc) is 3.40. The Labute approximate surface area is 120 Å². The Bertz CT molecular complexity index is 365. The lowest BCUT2D eigenvalue weighted by Crippen LogP contribution is -1.53. The Morgan fingerprint density at radius 3 is 1.80 bits per heavy atom. The lowest BCUT2D eigenvalue weighted by atomic mass is 11.0. The van der Waals surface area contributed by atoms with Crippen LogP contribution in [0.15, 0.2) is 58.0 Å². The summed E-state index contributed by atoms with van der Waals surface area (Å²) < 4.78 is 19.1. The molecule has 0 unspecified atom stereocenters. The highest BCUT2D eigenvalue weighted by molar-refractivity contribution is 7.03. The van der Waals surface area contributed by atoms with E-state index in [0.29, 0.717) is 0 Å². The summed E-state index contributed by atoms with van der Waals surface area (Å²) in [6, 6.07) is 0. The maximum absolute atomic E-state index is 4.22. The molecule has 4 heterocycles. The second-order valence-electron chi connectivity index (χ2n) is 2.36. The number of rotatable bonds is 0. The maximum Gasteiger partial charge on any atom is 0.144 e. The highest BCUT2D eigenvalue weighted by Gasteiger charge is 1.62. The van der Waals surface area contributed by atoms with Crippen molar-refractivity contribution < 1.29 is 9.15 Å². The molecule has 4 rings (SSSR count). The van der Waals surface area contributed by atoms with Crippen LogP contribution in [-0.2, 0) is 0 Å². The maximum atomic E-state index is 4.22. The second-order valence-corrected chi connectivity index (χ2v) is 3.59. The molecule has 0 spiro atoms. The molecule has 4 aromatic heterocycles. The summed E-state index contributed by atoms with van der Waals surface area (Å²) in [4.78, 5) is 0. The van der Waals surface area contributed by atoms with Crippen LogP contribution in [0.2, 0.25) is 0 Å². The van der Waals surface area contributed by atoms with E-state index in [1.54, 1.807) is 18.6 Å². The summed E-state index contributed by atoms with van der Waals surface area (Å²) in [5, 5.41) is 18.2. The minimum absolute atomic E-state index is 1.21. The van der Waals surface area contributed by atoms with Crippen LogP contribution in [-0.4, -0.2) is 39.0 Å². The van der Waals surface area contributed by atoms with E-state index < -0.39 is 0 Å². The van der Waals surface area contributed by atoms with E-state index in [0.717, 1.165) is 0 Å². The van der Waals surface area contributed by atoms with Crippen molar-refractivity contribution in [1.82, 2.24) is 39.0 Å². The van der Waals surface area contributed by atoms with Crippen molar-refractivity contribution in [3.63, 3.8) is 0 Å². The molecule has 0 aliphatic heterocycles. The molecule has 0 N–H and O–H groups in total. The molecule has 0 aliphatic carbocycles. The fraction of sp³-hybridized carbons (Fsp3) is 0. The molecule has 0 aromatic carbocycles. The molecule has 0 atom stereocenters. The van der Waals surface area contributed by atoms with Crippen LogP contribution in [0.5, 0.6) is 0 Å². The predicted molar refractivity (Wildman–Crippen MR) is 68.4 cm³/mol. The van der Waals surface area contributed by atoms with Gasteiger partial charge in [-0.25, -0.2) is 4.63 Å². The summed E-state index contributed by atoms with van der Waals surface area (Å²) in [6.07, 6.45) is 10.8. The van der Waals surface area contributed by atoms with Gasteiger partial charge in [-0.1, -0.05) is 14.8 Å². The molecule has 0 amide bonds. The molecule has 12 heteroatoms. The Morgan fingerprint density at radius 2 is 1.60 bits per heavy atom. The molecule has 0 fully saturated rings. The van der Waals surface area contributed by atoms with Crippen LogP contribution in [0, 0.1) is 0 Å². The fourth-order valence-corrected chi connectivity index (χ4v) is 1.09. The van der Waals surface area contributed by atoms with Crippen molar-refractivity contribution in [3.8, 4) is 0 Å². The zero-order valence-corrected chi connectivity index (χ0v) is 11.5. The zero-order chi connectivity index (χ0) is 14.1. The van der Waals surface area contributed by atoms with Crippen LogP contribution in [0.25, 0.3) is 0 Å². The van der Waals surface area contributed by atoms with Crippen molar-refractivity contribution in [2.75, 3.05) is 0 Å². The van der Waals surface area contributed by atoms with Gasteiger partial charge in [0.1, 0.15) is 6.26 Å². The Kier molecular flexibility index (Phi) is 9.93. The first-order chi connectivity index (χ1) is 10.0. The fourth-order valence-electron chi connectivity index (χ4n) is 0.544. The first-order valence-corrected chi connectivity index (χ1v) is 6.42. The normalized spacial score (nSPS) is 8.00. The first kappa shape index (κ1) is 15.5. The molecule has 0 saturated carbocycles. The summed E-state index contributed by atoms with van der Waals surface area (Å²) in [7, 11) is 0. The van der Waals surface area contributed by atoms with E-state index in [9.17, 15) is 0 Å². The first-order valence-electron chi connectivity index (χ1n) is 4.85. The van der Waals surface area contributed by atoms with E-state index in [1.807, 2.05) is 5.38 Å². The largest absolute Gasteiger partial charge is 0.346 e. The quantitative estimate of drug-likeness (QED) is 0.467. The number of hydrogen-bond donors (Lipinski definition) is 0. The topological polar surface area (TPSA) is 129 Å². The van der Waals surface area contributed by atoms with Gasteiger partial charge in [-0.2, -0.15) is 8.75 Å². The molecule has 104 valence electrons. The van der Waals surface area contributed by atoms with Gasteiger partial charge < -0.3 is 4.52 Å². The molecule has 10 nitrogen and oxygen atoms in total. The average molecular weight is 312 g/mol. The van der Waals surface area contributed by atoms with Crippen LogP contribution in [0.1, 0.15) is 0 Å².